The van der Waals surface area contributed by atoms with Crippen LogP contribution in [0, 0.1) is 20.8 Å². The van der Waals surface area contributed by atoms with Gasteiger partial charge in [0, 0.05) is 24.1 Å². The van der Waals surface area contributed by atoms with Gasteiger partial charge in [-0.25, -0.2) is 8.42 Å². The molecule has 2 aromatic carbocycles. The van der Waals surface area contributed by atoms with Crippen LogP contribution < -0.4 is 10.0 Å². The number of carbonyl (C=O) groups is 2. The second kappa shape index (κ2) is 7.66. The van der Waals surface area contributed by atoms with E-state index in [0.717, 1.165) is 5.56 Å². The van der Waals surface area contributed by atoms with Crippen LogP contribution in [0.1, 0.15) is 34.5 Å². The number of nitrogens with one attached hydrogen (secondary N) is 2. The highest BCUT2D eigenvalue weighted by Crippen LogP contribution is 2.35. The molecule has 0 fully saturated rings. The maximum Gasteiger partial charge on any atom is 0.262 e. The van der Waals surface area contributed by atoms with Crippen molar-refractivity contribution in [1.29, 1.82) is 0 Å². The smallest absolute Gasteiger partial charge is 0.262 e. The Morgan fingerprint density at radius 2 is 1.81 bits per heavy atom. The van der Waals surface area contributed by atoms with Crippen molar-refractivity contribution in [3.05, 3.63) is 59.3 Å². The molecule has 31 heavy (non-hydrogen) atoms. The second-order valence-electron chi connectivity index (χ2n) is 7.62. The van der Waals surface area contributed by atoms with Gasteiger partial charge in [-0.15, -0.1) is 0 Å². The molecule has 1 aliphatic heterocycles. The van der Waals surface area contributed by atoms with Crippen LogP contribution in [0.4, 0.5) is 11.5 Å². The summed E-state index contributed by atoms with van der Waals surface area (Å²) >= 11 is 0. The van der Waals surface area contributed by atoms with Gasteiger partial charge in [0.15, 0.2) is 0 Å². The number of nitrogens with zero attached hydrogens (tertiary/aromatic N) is 2. The Labute approximate surface area is 180 Å². The number of anilines is 2. The standard InChI is InChI=1S/C22H22N4O4S/c1-13-5-4-6-17(11-13)25-31(29,30)18-12-16(8-7-14(18)2)21-15(3)24-26-20(28)10-9-19(27)23-22(21)26/h4-8,11-12,25H,9-10H2,1-3H3,(H,23,27). The number of aryl methyl sites for hydroxylation is 3. The first-order chi connectivity index (χ1) is 14.7. The summed E-state index contributed by atoms with van der Waals surface area (Å²) in [6.45, 7) is 5.31. The monoisotopic (exact) mass is 438 g/mol. The fraction of sp³-hybridized carbons (Fsp3) is 0.227. The summed E-state index contributed by atoms with van der Waals surface area (Å²) in [5.41, 5.74) is 3.56. The van der Waals surface area contributed by atoms with E-state index < -0.39 is 10.0 Å². The zero-order valence-electron chi connectivity index (χ0n) is 17.4. The summed E-state index contributed by atoms with van der Waals surface area (Å²) in [5, 5.41) is 7.02. The van der Waals surface area contributed by atoms with Crippen LogP contribution in [0.15, 0.2) is 47.4 Å². The summed E-state index contributed by atoms with van der Waals surface area (Å²) in [5.74, 6) is -0.304. The van der Waals surface area contributed by atoms with Crippen molar-refractivity contribution in [1.82, 2.24) is 9.78 Å². The molecule has 0 unspecified atom stereocenters. The number of benzene rings is 2. The summed E-state index contributed by atoms with van der Waals surface area (Å²) in [6, 6.07) is 12.1. The molecule has 1 aliphatic rings. The molecule has 0 atom stereocenters. The minimum atomic E-state index is -3.87. The number of amides is 1. The van der Waals surface area contributed by atoms with Crippen molar-refractivity contribution in [2.75, 3.05) is 10.0 Å². The van der Waals surface area contributed by atoms with Crippen molar-refractivity contribution in [3.63, 3.8) is 0 Å². The molecule has 160 valence electrons. The lowest BCUT2D eigenvalue weighted by atomic mass is 10.0. The highest BCUT2D eigenvalue weighted by molar-refractivity contribution is 7.92. The maximum atomic E-state index is 13.1. The molecule has 0 saturated heterocycles. The molecule has 2 N–H and O–H groups in total. The van der Waals surface area contributed by atoms with Gasteiger partial charge in [-0.3, -0.25) is 14.3 Å². The Morgan fingerprint density at radius 3 is 2.55 bits per heavy atom. The van der Waals surface area contributed by atoms with Crippen LogP contribution >= 0.6 is 0 Å². The summed E-state index contributed by atoms with van der Waals surface area (Å²) in [6.07, 6.45) is 0.141. The first-order valence-corrected chi connectivity index (χ1v) is 11.3. The minimum absolute atomic E-state index is 0.0628. The van der Waals surface area contributed by atoms with Gasteiger partial charge in [-0.05, 0) is 55.7 Å². The van der Waals surface area contributed by atoms with Crippen LogP contribution in [-0.2, 0) is 14.8 Å². The van der Waals surface area contributed by atoms with Gasteiger partial charge in [0.2, 0.25) is 11.8 Å². The molecule has 9 heteroatoms. The lowest BCUT2D eigenvalue weighted by molar-refractivity contribution is -0.116. The molecular weight excluding hydrogens is 416 g/mol. The quantitative estimate of drug-likeness (QED) is 0.646. The van der Waals surface area contributed by atoms with Gasteiger partial charge in [0.1, 0.15) is 5.82 Å². The lowest BCUT2D eigenvalue weighted by Gasteiger charge is -2.13. The van der Waals surface area contributed by atoms with E-state index in [-0.39, 0.29) is 35.4 Å². The molecule has 4 rings (SSSR count). The normalized spacial score (nSPS) is 14.0. The first-order valence-electron chi connectivity index (χ1n) is 9.79. The third-order valence-corrected chi connectivity index (χ3v) is 6.68. The summed E-state index contributed by atoms with van der Waals surface area (Å²) in [4.78, 5) is 24.6. The van der Waals surface area contributed by atoms with Crippen molar-refractivity contribution < 1.29 is 18.0 Å². The van der Waals surface area contributed by atoms with Crippen molar-refractivity contribution >= 4 is 33.3 Å². The number of carbonyl (C=O) groups excluding carboxylic acids is 2. The van der Waals surface area contributed by atoms with Gasteiger partial charge in [-0.2, -0.15) is 9.78 Å². The van der Waals surface area contributed by atoms with E-state index in [1.807, 2.05) is 13.0 Å². The number of hydrogen-bond acceptors (Lipinski definition) is 5. The molecule has 0 aliphatic carbocycles. The van der Waals surface area contributed by atoms with Gasteiger partial charge < -0.3 is 5.32 Å². The highest BCUT2D eigenvalue weighted by Gasteiger charge is 2.27. The van der Waals surface area contributed by atoms with E-state index >= 15 is 0 Å². The average Bonchev–Trinajstić information content (AvgIpc) is 2.95. The minimum Gasteiger partial charge on any atom is -0.310 e. The Bertz CT molecular complexity index is 1330. The Balaban J connectivity index is 1.81. The SMILES string of the molecule is Cc1cccc(NS(=O)(=O)c2cc(-c3c(C)nn4c3NC(=O)CCC4=O)ccc2C)c1. The van der Waals surface area contributed by atoms with Crippen LogP contribution in [0.5, 0.6) is 0 Å². The molecule has 3 aromatic rings. The summed E-state index contributed by atoms with van der Waals surface area (Å²) < 4.78 is 30.1. The number of sulfonamides is 1. The van der Waals surface area contributed by atoms with E-state index in [0.29, 0.717) is 28.1 Å². The van der Waals surface area contributed by atoms with Crippen LogP contribution in [-0.4, -0.2) is 30.0 Å². The lowest BCUT2D eigenvalue weighted by Crippen LogP contribution is -2.15. The largest absolute Gasteiger partial charge is 0.310 e. The van der Waals surface area contributed by atoms with E-state index in [2.05, 4.69) is 15.1 Å². The predicted molar refractivity (Wildman–Crippen MR) is 118 cm³/mol. The summed E-state index contributed by atoms with van der Waals surface area (Å²) in [7, 11) is -3.87. The third-order valence-electron chi connectivity index (χ3n) is 5.16. The van der Waals surface area contributed by atoms with Crippen molar-refractivity contribution in [3.8, 4) is 11.1 Å². The zero-order chi connectivity index (χ0) is 22.3. The molecule has 8 nitrogen and oxygen atoms in total. The molecule has 0 spiro atoms. The number of fused-ring (bicyclic) bond motifs is 1. The topological polar surface area (TPSA) is 110 Å². The van der Waals surface area contributed by atoms with E-state index in [4.69, 9.17) is 0 Å². The van der Waals surface area contributed by atoms with Crippen LogP contribution in [0.25, 0.3) is 11.1 Å². The average molecular weight is 439 g/mol. The van der Waals surface area contributed by atoms with Crippen molar-refractivity contribution in [2.45, 2.75) is 38.5 Å². The Hall–Kier alpha value is -3.46. The van der Waals surface area contributed by atoms with E-state index in [9.17, 15) is 18.0 Å². The van der Waals surface area contributed by atoms with Gasteiger partial charge >= 0.3 is 0 Å². The van der Waals surface area contributed by atoms with Gasteiger partial charge in [0.25, 0.3) is 10.0 Å². The number of hydrogen-bond donors (Lipinski definition) is 2. The number of aromatic nitrogens is 2. The molecular formula is C22H22N4O4S. The number of rotatable bonds is 4. The Morgan fingerprint density at radius 1 is 1.03 bits per heavy atom. The maximum absolute atomic E-state index is 13.1. The fourth-order valence-corrected chi connectivity index (χ4v) is 4.97. The molecule has 1 amide bonds. The Kier molecular flexibility index (Phi) is 5.14. The third kappa shape index (κ3) is 3.96. The fourth-order valence-electron chi connectivity index (χ4n) is 3.65. The molecule has 0 saturated carbocycles. The van der Waals surface area contributed by atoms with E-state index in [1.54, 1.807) is 50.2 Å². The molecule has 2 heterocycles. The molecule has 0 bridgehead atoms. The second-order valence-corrected chi connectivity index (χ2v) is 9.27. The first kappa shape index (κ1) is 20.8. The zero-order valence-corrected chi connectivity index (χ0v) is 18.2. The van der Waals surface area contributed by atoms with Crippen LogP contribution in [0.3, 0.4) is 0 Å². The van der Waals surface area contributed by atoms with Gasteiger partial charge in [0.05, 0.1) is 10.6 Å². The van der Waals surface area contributed by atoms with E-state index in [1.165, 1.54) is 4.68 Å². The predicted octanol–water partition coefficient (Wildman–Crippen LogP) is 3.65. The highest BCUT2D eigenvalue weighted by atomic mass is 32.2. The van der Waals surface area contributed by atoms with Gasteiger partial charge in [-0.1, -0.05) is 24.3 Å². The molecule has 0 radical (unpaired) electrons. The van der Waals surface area contributed by atoms with Crippen molar-refractivity contribution in [2.24, 2.45) is 0 Å². The van der Waals surface area contributed by atoms with Crippen LogP contribution in [0.2, 0.25) is 0 Å². The molecule has 1 aromatic heterocycles.